The fourth-order valence-electron chi connectivity index (χ4n) is 2.70. The molecular formula is C13H18BrIN2. The van der Waals surface area contributed by atoms with Crippen molar-refractivity contribution in [3.8, 4) is 0 Å². The molecule has 94 valence electrons. The van der Waals surface area contributed by atoms with Crippen molar-refractivity contribution < 1.29 is 0 Å². The van der Waals surface area contributed by atoms with Gasteiger partial charge in [0, 0.05) is 14.1 Å². The summed E-state index contributed by atoms with van der Waals surface area (Å²) < 4.78 is 2.42. The molecule has 1 aromatic carbocycles. The van der Waals surface area contributed by atoms with E-state index in [1.807, 2.05) is 0 Å². The van der Waals surface area contributed by atoms with Crippen LogP contribution in [0.2, 0.25) is 0 Å². The van der Waals surface area contributed by atoms with Gasteiger partial charge in [-0.1, -0.05) is 35.2 Å². The van der Waals surface area contributed by atoms with Crippen LogP contribution in [-0.4, -0.2) is 0 Å². The quantitative estimate of drug-likeness (QED) is 0.448. The summed E-state index contributed by atoms with van der Waals surface area (Å²) in [6.45, 7) is 0. The van der Waals surface area contributed by atoms with E-state index in [-0.39, 0.29) is 0 Å². The van der Waals surface area contributed by atoms with Gasteiger partial charge >= 0.3 is 0 Å². The molecule has 0 heterocycles. The molecule has 0 aliphatic heterocycles. The lowest BCUT2D eigenvalue weighted by molar-refractivity contribution is 0.273. The second-order valence-electron chi connectivity index (χ2n) is 4.71. The minimum absolute atomic E-state index is 0.291. The first-order valence-electron chi connectivity index (χ1n) is 6.13. The fourth-order valence-corrected chi connectivity index (χ4v) is 3.75. The van der Waals surface area contributed by atoms with Gasteiger partial charge < -0.3 is 0 Å². The van der Waals surface area contributed by atoms with E-state index in [9.17, 15) is 0 Å². The molecular weight excluding hydrogens is 391 g/mol. The number of rotatable bonds is 3. The summed E-state index contributed by atoms with van der Waals surface area (Å²) >= 11 is 5.94. The zero-order chi connectivity index (χ0) is 12.3. The van der Waals surface area contributed by atoms with Gasteiger partial charge in [-0.2, -0.15) is 0 Å². The first-order chi connectivity index (χ1) is 8.22. The van der Waals surface area contributed by atoms with E-state index in [4.69, 9.17) is 5.84 Å². The molecule has 0 spiro atoms. The van der Waals surface area contributed by atoms with Gasteiger partial charge in [-0.15, -0.1) is 0 Å². The van der Waals surface area contributed by atoms with Crippen LogP contribution in [0, 0.1) is 9.49 Å². The highest BCUT2D eigenvalue weighted by molar-refractivity contribution is 14.1. The number of nitrogens with two attached hydrogens (primary N) is 1. The van der Waals surface area contributed by atoms with Crippen molar-refractivity contribution in [2.45, 2.75) is 38.1 Å². The standard InChI is InChI=1S/C13H18BrIN2/c14-10-6-7-12(15)11(8-10)13(17-16)9-4-2-1-3-5-9/h6-9,13,17H,1-5,16H2. The summed E-state index contributed by atoms with van der Waals surface area (Å²) in [6, 6.07) is 6.72. The zero-order valence-electron chi connectivity index (χ0n) is 9.76. The minimum atomic E-state index is 0.291. The molecule has 0 saturated heterocycles. The predicted molar refractivity (Wildman–Crippen MR) is 83.5 cm³/mol. The molecule has 1 aliphatic carbocycles. The van der Waals surface area contributed by atoms with E-state index in [0.717, 1.165) is 4.47 Å². The lowest BCUT2D eigenvalue weighted by Crippen LogP contribution is -2.35. The van der Waals surface area contributed by atoms with Crippen molar-refractivity contribution in [3.63, 3.8) is 0 Å². The van der Waals surface area contributed by atoms with Gasteiger partial charge in [-0.3, -0.25) is 11.3 Å². The van der Waals surface area contributed by atoms with Crippen LogP contribution >= 0.6 is 38.5 Å². The van der Waals surface area contributed by atoms with E-state index >= 15 is 0 Å². The Bertz CT molecular complexity index is 378. The number of hydrazine groups is 1. The number of hydrogen-bond donors (Lipinski definition) is 2. The number of hydrogen-bond acceptors (Lipinski definition) is 2. The lowest BCUT2D eigenvalue weighted by Gasteiger charge is -2.30. The maximum Gasteiger partial charge on any atom is 0.0499 e. The molecule has 1 saturated carbocycles. The van der Waals surface area contributed by atoms with Gasteiger partial charge in [0.1, 0.15) is 0 Å². The average molecular weight is 409 g/mol. The highest BCUT2D eigenvalue weighted by atomic mass is 127. The van der Waals surface area contributed by atoms with Gasteiger partial charge in [0.15, 0.2) is 0 Å². The van der Waals surface area contributed by atoms with Gasteiger partial charge in [0.05, 0.1) is 0 Å². The molecule has 1 aliphatic rings. The smallest absolute Gasteiger partial charge is 0.0499 e. The monoisotopic (exact) mass is 408 g/mol. The fraction of sp³-hybridized carbons (Fsp3) is 0.538. The summed E-state index contributed by atoms with van der Waals surface area (Å²) in [6.07, 6.45) is 6.64. The van der Waals surface area contributed by atoms with Crippen LogP contribution in [-0.2, 0) is 0 Å². The SMILES string of the molecule is NNC(c1cc(Br)ccc1I)C1CCCCC1. The van der Waals surface area contributed by atoms with E-state index in [1.54, 1.807) is 0 Å². The van der Waals surface area contributed by atoms with Crippen molar-refractivity contribution >= 4 is 38.5 Å². The number of nitrogens with one attached hydrogen (secondary N) is 1. The summed E-state index contributed by atoms with van der Waals surface area (Å²) in [7, 11) is 0. The molecule has 1 atom stereocenters. The largest absolute Gasteiger partial charge is 0.271 e. The van der Waals surface area contributed by atoms with Crippen LogP contribution in [0.1, 0.15) is 43.7 Å². The van der Waals surface area contributed by atoms with Crippen LogP contribution < -0.4 is 11.3 Å². The van der Waals surface area contributed by atoms with Crippen molar-refractivity contribution in [3.05, 3.63) is 31.8 Å². The van der Waals surface area contributed by atoms with Crippen molar-refractivity contribution in [2.24, 2.45) is 11.8 Å². The number of halogens is 2. The Morgan fingerprint density at radius 1 is 1.29 bits per heavy atom. The Balaban J connectivity index is 2.24. The van der Waals surface area contributed by atoms with Gasteiger partial charge in [0.2, 0.25) is 0 Å². The molecule has 2 nitrogen and oxygen atoms in total. The highest BCUT2D eigenvalue weighted by Crippen LogP contribution is 2.36. The summed E-state index contributed by atoms with van der Waals surface area (Å²) in [5.41, 5.74) is 4.36. The van der Waals surface area contributed by atoms with Crippen molar-refractivity contribution in [2.75, 3.05) is 0 Å². The zero-order valence-corrected chi connectivity index (χ0v) is 13.5. The molecule has 4 heteroatoms. The van der Waals surface area contributed by atoms with Crippen molar-refractivity contribution in [1.82, 2.24) is 5.43 Å². The van der Waals surface area contributed by atoms with Crippen LogP contribution in [0.4, 0.5) is 0 Å². The first-order valence-corrected chi connectivity index (χ1v) is 8.00. The maximum absolute atomic E-state index is 5.79. The third-order valence-electron chi connectivity index (χ3n) is 3.59. The van der Waals surface area contributed by atoms with Crippen LogP contribution in [0.15, 0.2) is 22.7 Å². The predicted octanol–water partition coefficient (Wildman–Crippen LogP) is 4.14. The second-order valence-corrected chi connectivity index (χ2v) is 6.79. The van der Waals surface area contributed by atoms with E-state index < -0.39 is 0 Å². The third kappa shape index (κ3) is 3.43. The first kappa shape index (κ1) is 13.8. The summed E-state index contributed by atoms with van der Waals surface area (Å²) in [5, 5.41) is 0. The molecule has 2 rings (SSSR count). The van der Waals surface area contributed by atoms with Gasteiger partial charge in [0.25, 0.3) is 0 Å². The van der Waals surface area contributed by atoms with Crippen molar-refractivity contribution in [1.29, 1.82) is 0 Å². The molecule has 1 unspecified atom stereocenters. The van der Waals surface area contributed by atoms with Crippen LogP contribution in [0.5, 0.6) is 0 Å². The van der Waals surface area contributed by atoms with E-state index in [0.29, 0.717) is 12.0 Å². The van der Waals surface area contributed by atoms with Gasteiger partial charge in [-0.25, -0.2) is 0 Å². The summed E-state index contributed by atoms with van der Waals surface area (Å²) in [4.78, 5) is 0. The average Bonchev–Trinajstić information content (AvgIpc) is 2.36. The minimum Gasteiger partial charge on any atom is -0.271 e. The molecule has 1 aromatic rings. The van der Waals surface area contributed by atoms with Crippen LogP contribution in [0.25, 0.3) is 0 Å². The number of benzene rings is 1. The molecule has 1 fully saturated rings. The Labute approximate surface area is 125 Å². The lowest BCUT2D eigenvalue weighted by atomic mass is 9.81. The van der Waals surface area contributed by atoms with E-state index in [2.05, 4.69) is 62.1 Å². The molecule has 0 radical (unpaired) electrons. The molecule has 0 aromatic heterocycles. The summed E-state index contributed by atoms with van der Waals surface area (Å²) in [5.74, 6) is 6.46. The van der Waals surface area contributed by atoms with Crippen LogP contribution in [0.3, 0.4) is 0 Å². The topological polar surface area (TPSA) is 38.0 Å². The molecule has 0 bridgehead atoms. The molecule has 0 amide bonds. The third-order valence-corrected chi connectivity index (χ3v) is 5.07. The second kappa shape index (κ2) is 6.50. The molecule has 17 heavy (non-hydrogen) atoms. The van der Waals surface area contributed by atoms with Gasteiger partial charge in [-0.05, 0) is 65.1 Å². The normalized spacial score (nSPS) is 19.2. The van der Waals surface area contributed by atoms with E-state index in [1.165, 1.54) is 41.2 Å². The molecule has 3 N–H and O–H groups in total. The highest BCUT2D eigenvalue weighted by Gasteiger charge is 2.25. The Hall–Kier alpha value is 0.350. The Morgan fingerprint density at radius 3 is 2.65 bits per heavy atom. The Kier molecular flexibility index (Phi) is 5.26. The maximum atomic E-state index is 5.79. The Morgan fingerprint density at radius 2 is 2.00 bits per heavy atom.